The second-order valence-corrected chi connectivity index (χ2v) is 1.35. The molecule has 0 atom stereocenters. The van der Waals surface area contributed by atoms with Crippen LogP contribution >= 0.6 is 0 Å². The van der Waals surface area contributed by atoms with Crippen LogP contribution < -0.4 is 113 Å². The van der Waals surface area contributed by atoms with E-state index in [4.69, 9.17) is 5.11 Å². The minimum absolute atomic E-state index is 0. The number of hydrogen-bond acceptors (Lipinski definition) is 2. The molecule has 0 aromatic heterocycles. The van der Waals surface area contributed by atoms with Crippen LogP contribution in [0.2, 0.25) is 0 Å². The van der Waals surface area contributed by atoms with E-state index in [0.29, 0.717) is 0 Å². The SMILES string of the molecule is CCCC[O-].CC[O-].[K+].[K+]. The smallest absolute Gasteiger partial charge is 0.855 e. The summed E-state index contributed by atoms with van der Waals surface area (Å²) in [7, 11) is 0. The van der Waals surface area contributed by atoms with Gasteiger partial charge in [-0.05, 0) is 0 Å². The summed E-state index contributed by atoms with van der Waals surface area (Å²) in [5, 5.41) is 18.5. The van der Waals surface area contributed by atoms with Crippen LogP contribution in [0.25, 0.3) is 0 Å². The fourth-order valence-corrected chi connectivity index (χ4v) is 0.144. The first-order chi connectivity index (χ1) is 3.83. The van der Waals surface area contributed by atoms with Crippen molar-refractivity contribution in [3.05, 3.63) is 0 Å². The van der Waals surface area contributed by atoms with E-state index in [1.807, 2.05) is 6.92 Å². The van der Waals surface area contributed by atoms with Gasteiger partial charge in [-0.1, -0.05) is 26.7 Å². The molecule has 0 N–H and O–H groups in total. The zero-order chi connectivity index (χ0) is 6.83. The van der Waals surface area contributed by atoms with Gasteiger partial charge in [0.25, 0.3) is 0 Å². The van der Waals surface area contributed by atoms with Gasteiger partial charge in [-0.3, -0.25) is 0 Å². The molecule has 0 saturated heterocycles. The molecule has 0 aromatic carbocycles. The minimum atomic E-state index is 0. The van der Waals surface area contributed by atoms with Crippen LogP contribution in [-0.2, 0) is 0 Å². The maximum atomic E-state index is 9.53. The molecule has 0 bridgehead atoms. The van der Waals surface area contributed by atoms with Gasteiger partial charge >= 0.3 is 103 Å². The van der Waals surface area contributed by atoms with Crippen LogP contribution in [-0.4, -0.2) is 13.2 Å². The van der Waals surface area contributed by atoms with Gasteiger partial charge in [0.1, 0.15) is 0 Å². The van der Waals surface area contributed by atoms with Crippen molar-refractivity contribution in [2.75, 3.05) is 13.2 Å². The Morgan fingerprint density at radius 3 is 1.30 bits per heavy atom. The van der Waals surface area contributed by atoms with Crippen LogP contribution in [0.5, 0.6) is 0 Å². The van der Waals surface area contributed by atoms with Gasteiger partial charge in [0.2, 0.25) is 0 Å². The Labute approximate surface area is 149 Å². The monoisotopic (exact) mass is 196 g/mol. The molecule has 4 heteroatoms. The molecular weight excluding hydrogens is 182 g/mol. The quantitative estimate of drug-likeness (QED) is 0.412. The molecule has 0 spiro atoms. The van der Waals surface area contributed by atoms with Gasteiger partial charge in [-0.2, -0.15) is 0 Å². The van der Waals surface area contributed by atoms with Crippen LogP contribution in [0.4, 0.5) is 0 Å². The van der Waals surface area contributed by atoms with E-state index < -0.39 is 0 Å². The Morgan fingerprint density at radius 1 is 1.00 bits per heavy atom. The molecule has 0 unspecified atom stereocenters. The third kappa shape index (κ3) is 43.1. The fraction of sp³-hybridized carbons (Fsp3) is 1.00. The molecule has 0 amide bonds. The van der Waals surface area contributed by atoms with Gasteiger partial charge in [-0.25, -0.2) is 0 Å². The largest absolute Gasteiger partial charge is 1.00 e. The van der Waals surface area contributed by atoms with E-state index in [0.717, 1.165) is 12.8 Å². The van der Waals surface area contributed by atoms with E-state index in [1.165, 1.54) is 0 Å². The Hall–Kier alpha value is 3.19. The molecule has 0 aromatic rings. The van der Waals surface area contributed by atoms with Crippen molar-refractivity contribution in [1.29, 1.82) is 0 Å². The van der Waals surface area contributed by atoms with Crippen molar-refractivity contribution < 1.29 is 113 Å². The van der Waals surface area contributed by atoms with E-state index in [1.54, 1.807) is 6.92 Å². The van der Waals surface area contributed by atoms with Gasteiger partial charge in [0.05, 0.1) is 0 Å². The third-order valence-corrected chi connectivity index (χ3v) is 0.498. The summed E-state index contributed by atoms with van der Waals surface area (Å²) >= 11 is 0. The first-order valence-corrected chi connectivity index (χ1v) is 2.99. The van der Waals surface area contributed by atoms with Crippen molar-refractivity contribution in [2.45, 2.75) is 26.7 Å². The minimum Gasteiger partial charge on any atom is -0.855 e. The molecule has 0 rings (SSSR count). The van der Waals surface area contributed by atoms with Crippen molar-refractivity contribution in [3.63, 3.8) is 0 Å². The molecule has 0 aliphatic rings. The Morgan fingerprint density at radius 2 is 1.30 bits per heavy atom. The van der Waals surface area contributed by atoms with Crippen molar-refractivity contribution in [2.24, 2.45) is 0 Å². The summed E-state index contributed by atoms with van der Waals surface area (Å²) in [6.45, 7) is 3.68. The van der Waals surface area contributed by atoms with E-state index in [2.05, 4.69) is 0 Å². The zero-order valence-electron chi connectivity index (χ0n) is 7.64. The summed E-state index contributed by atoms with van der Waals surface area (Å²) in [6.07, 6.45) is 1.86. The molecule has 0 aliphatic carbocycles. The predicted molar refractivity (Wildman–Crippen MR) is 30.3 cm³/mol. The average Bonchev–Trinajstić information content (AvgIpc) is 1.71. The normalized spacial score (nSPS) is 6.00. The predicted octanol–water partition coefficient (Wildman–Crippen LogP) is -6.48. The second-order valence-electron chi connectivity index (χ2n) is 1.35. The first kappa shape index (κ1) is 23.2. The topological polar surface area (TPSA) is 46.1 Å². The molecule has 0 fully saturated rings. The molecule has 0 radical (unpaired) electrons. The molecule has 2 nitrogen and oxygen atoms in total. The second kappa shape index (κ2) is 29.5. The number of rotatable bonds is 2. The van der Waals surface area contributed by atoms with Crippen LogP contribution in [0.3, 0.4) is 0 Å². The van der Waals surface area contributed by atoms with Crippen LogP contribution in [0, 0.1) is 0 Å². The molecule has 0 saturated carbocycles. The Balaban J connectivity index is -0.0000000326. The zero-order valence-corrected chi connectivity index (χ0v) is 13.9. The summed E-state index contributed by atoms with van der Waals surface area (Å²) in [6, 6.07) is 0. The van der Waals surface area contributed by atoms with Gasteiger partial charge in [-0.15, -0.1) is 13.2 Å². The van der Waals surface area contributed by atoms with Gasteiger partial charge < -0.3 is 10.2 Å². The summed E-state index contributed by atoms with van der Waals surface area (Å²) in [5.74, 6) is 0. The Kier molecular flexibility index (Phi) is 68.5. The molecule has 10 heavy (non-hydrogen) atoms. The van der Waals surface area contributed by atoms with Crippen molar-refractivity contribution >= 4 is 0 Å². The van der Waals surface area contributed by atoms with E-state index in [-0.39, 0.29) is 116 Å². The molecule has 0 aliphatic heterocycles. The third-order valence-electron chi connectivity index (χ3n) is 0.498. The summed E-state index contributed by atoms with van der Waals surface area (Å²) in [5.41, 5.74) is 0. The van der Waals surface area contributed by atoms with Crippen molar-refractivity contribution in [1.82, 2.24) is 0 Å². The van der Waals surface area contributed by atoms with Gasteiger partial charge in [0.15, 0.2) is 0 Å². The molecule has 52 valence electrons. The standard InChI is InChI=1S/C4H9O.C2H5O.2K/c1-2-3-4-5;1-2-3;;/h2-4H2,1H3;2H2,1H3;;/q2*-1;2*+1. The van der Waals surface area contributed by atoms with Crippen molar-refractivity contribution in [3.8, 4) is 0 Å². The maximum Gasteiger partial charge on any atom is 1.00 e. The van der Waals surface area contributed by atoms with E-state index in [9.17, 15) is 5.11 Å². The fourth-order valence-electron chi connectivity index (χ4n) is 0.144. The molecule has 0 heterocycles. The molecular formula is C6H14K2O2. The summed E-state index contributed by atoms with van der Waals surface area (Å²) < 4.78 is 0. The number of unbranched alkanes of at least 4 members (excludes halogenated alkanes) is 1. The average molecular weight is 196 g/mol. The van der Waals surface area contributed by atoms with Crippen LogP contribution in [0.1, 0.15) is 26.7 Å². The van der Waals surface area contributed by atoms with Crippen LogP contribution in [0.15, 0.2) is 0 Å². The summed E-state index contributed by atoms with van der Waals surface area (Å²) in [4.78, 5) is 0. The number of hydrogen-bond donors (Lipinski definition) is 0. The van der Waals surface area contributed by atoms with E-state index >= 15 is 0 Å². The Bertz CT molecular complexity index is 27.7. The first-order valence-electron chi connectivity index (χ1n) is 2.99. The van der Waals surface area contributed by atoms with Gasteiger partial charge in [0, 0.05) is 0 Å². The maximum absolute atomic E-state index is 9.53.